The number of benzene rings is 2. The third-order valence-electron chi connectivity index (χ3n) is 3.32. The zero-order chi connectivity index (χ0) is 17.9. The lowest BCUT2D eigenvalue weighted by Crippen LogP contribution is -2.12. The number of para-hydroxylation sites is 2. The highest BCUT2D eigenvalue weighted by Gasteiger charge is 2.07. The van der Waals surface area contributed by atoms with Crippen LogP contribution in [0.1, 0.15) is 5.69 Å². The molecule has 0 saturated carbocycles. The normalized spacial score (nSPS) is 11.7. The summed E-state index contributed by atoms with van der Waals surface area (Å²) in [5, 5.41) is 7.64. The number of anilines is 1. The molecule has 1 heterocycles. The van der Waals surface area contributed by atoms with Crippen molar-refractivity contribution in [3.63, 3.8) is 0 Å². The van der Waals surface area contributed by atoms with E-state index >= 15 is 0 Å². The summed E-state index contributed by atoms with van der Waals surface area (Å²) in [5.74, 6) is -0.377. The van der Waals surface area contributed by atoms with Gasteiger partial charge >= 0.3 is 0 Å². The Labute approximate surface area is 144 Å². The van der Waals surface area contributed by atoms with Crippen LogP contribution in [0, 0.1) is 0 Å². The third kappa shape index (κ3) is 4.25. The molecule has 3 N–H and O–H groups in total. The van der Waals surface area contributed by atoms with Crippen LogP contribution in [0.3, 0.4) is 0 Å². The van der Waals surface area contributed by atoms with Gasteiger partial charge in [-0.2, -0.15) is 0 Å². The Morgan fingerprint density at radius 3 is 2.40 bits per heavy atom. The van der Waals surface area contributed by atoms with Crippen LogP contribution >= 0.6 is 0 Å². The van der Waals surface area contributed by atoms with E-state index < -0.39 is 10.0 Å². The van der Waals surface area contributed by atoms with Crippen molar-refractivity contribution < 1.29 is 13.2 Å². The van der Waals surface area contributed by atoms with Gasteiger partial charge in [0.2, 0.25) is 15.9 Å². The molecule has 25 heavy (non-hydrogen) atoms. The molecular weight excluding hydrogens is 340 g/mol. The number of aromatic nitrogens is 2. The molecule has 7 nitrogen and oxygen atoms in total. The zero-order valence-electron chi connectivity index (χ0n) is 13.0. The van der Waals surface area contributed by atoms with Crippen LogP contribution in [0.2, 0.25) is 0 Å². The minimum atomic E-state index is -3.75. The summed E-state index contributed by atoms with van der Waals surface area (Å²) in [5.41, 5.74) is 2.52. The van der Waals surface area contributed by atoms with Crippen LogP contribution in [-0.2, 0) is 14.8 Å². The molecular formula is C17H14N4O3S. The number of rotatable bonds is 4. The van der Waals surface area contributed by atoms with E-state index in [2.05, 4.69) is 15.3 Å². The summed E-state index contributed by atoms with van der Waals surface area (Å²) in [6, 6.07) is 13.0. The van der Waals surface area contributed by atoms with Crippen molar-refractivity contribution in [2.24, 2.45) is 5.14 Å². The van der Waals surface area contributed by atoms with E-state index in [1.165, 1.54) is 30.3 Å². The number of sulfonamides is 1. The largest absolute Gasteiger partial charge is 0.323 e. The molecule has 0 unspecified atom stereocenters. The summed E-state index contributed by atoms with van der Waals surface area (Å²) < 4.78 is 22.4. The van der Waals surface area contributed by atoms with Gasteiger partial charge in [0.1, 0.15) is 0 Å². The quantitative estimate of drug-likeness (QED) is 0.695. The van der Waals surface area contributed by atoms with Gasteiger partial charge in [0, 0.05) is 11.8 Å². The van der Waals surface area contributed by atoms with E-state index in [-0.39, 0.29) is 10.8 Å². The molecule has 126 valence electrons. The lowest BCUT2D eigenvalue weighted by Gasteiger charge is -2.03. The molecule has 3 rings (SSSR count). The van der Waals surface area contributed by atoms with Crippen molar-refractivity contribution in [2.75, 3.05) is 5.32 Å². The van der Waals surface area contributed by atoms with Gasteiger partial charge in [0.05, 0.1) is 27.8 Å². The number of hydrogen-bond acceptors (Lipinski definition) is 5. The molecule has 1 aromatic heterocycles. The Morgan fingerprint density at radius 1 is 1.04 bits per heavy atom. The molecule has 0 fully saturated rings. The maximum atomic E-state index is 11.9. The van der Waals surface area contributed by atoms with E-state index in [1.807, 2.05) is 24.3 Å². The molecule has 0 bridgehead atoms. The number of primary sulfonamides is 1. The molecule has 0 radical (unpaired) electrons. The van der Waals surface area contributed by atoms with Gasteiger partial charge in [-0.15, -0.1) is 0 Å². The molecule has 8 heteroatoms. The smallest absolute Gasteiger partial charge is 0.248 e. The van der Waals surface area contributed by atoms with Crippen LogP contribution in [0.4, 0.5) is 5.69 Å². The van der Waals surface area contributed by atoms with Gasteiger partial charge < -0.3 is 5.32 Å². The lowest BCUT2D eigenvalue weighted by molar-refractivity contribution is -0.111. The van der Waals surface area contributed by atoms with Crippen molar-refractivity contribution in [3.05, 3.63) is 66.5 Å². The zero-order valence-corrected chi connectivity index (χ0v) is 13.8. The fraction of sp³-hybridized carbons (Fsp3) is 0. The Morgan fingerprint density at radius 2 is 1.72 bits per heavy atom. The van der Waals surface area contributed by atoms with E-state index in [1.54, 1.807) is 12.3 Å². The minimum Gasteiger partial charge on any atom is -0.323 e. The molecule has 3 aromatic rings. The highest BCUT2D eigenvalue weighted by atomic mass is 32.2. The van der Waals surface area contributed by atoms with Gasteiger partial charge in [0.25, 0.3) is 0 Å². The van der Waals surface area contributed by atoms with Gasteiger partial charge in [-0.05, 0) is 42.5 Å². The number of carbonyl (C=O) groups excluding carboxylic acids is 1. The van der Waals surface area contributed by atoms with Gasteiger partial charge in [0.15, 0.2) is 0 Å². The summed E-state index contributed by atoms with van der Waals surface area (Å²) in [6.07, 6.45) is 4.45. The first-order valence-corrected chi connectivity index (χ1v) is 8.80. The third-order valence-corrected chi connectivity index (χ3v) is 4.25. The van der Waals surface area contributed by atoms with Crippen LogP contribution in [0.15, 0.2) is 65.7 Å². The Hall–Kier alpha value is -3.10. The maximum Gasteiger partial charge on any atom is 0.248 e. The van der Waals surface area contributed by atoms with Crippen LogP contribution in [0.25, 0.3) is 17.1 Å². The summed E-state index contributed by atoms with van der Waals surface area (Å²) in [7, 11) is -3.75. The van der Waals surface area contributed by atoms with Gasteiger partial charge in [-0.3, -0.25) is 9.78 Å². The molecule has 0 aliphatic rings. The second-order valence-corrected chi connectivity index (χ2v) is 6.74. The number of fused-ring (bicyclic) bond motifs is 1. The van der Waals surface area contributed by atoms with Crippen molar-refractivity contribution in [1.82, 2.24) is 9.97 Å². The highest BCUT2D eigenvalue weighted by molar-refractivity contribution is 7.89. The number of nitrogens with two attached hydrogens (primary N) is 1. The molecule has 0 atom stereocenters. The van der Waals surface area contributed by atoms with E-state index in [4.69, 9.17) is 5.14 Å². The molecule has 0 aliphatic carbocycles. The fourth-order valence-corrected chi connectivity index (χ4v) is 2.64. The Kier molecular flexibility index (Phi) is 4.55. The van der Waals surface area contributed by atoms with Crippen molar-refractivity contribution in [2.45, 2.75) is 4.90 Å². The molecule has 2 aromatic carbocycles. The lowest BCUT2D eigenvalue weighted by atomic mass is 10.3. The van der Waals surface area contributed by atoms with E-state index in [0.717, 1.165) is 11.0 Å². The molecule has 0 saturated heterocycles. The first kappa shape index (κ1) is 16.7. The molecule has 1 amide bonds. The van der Waals surface area contributed by atoms with Crippen molar-refractivity contribution in [3.8, 4) is 0 Å². The summed E-state index contributed by atoms with van der Waals surface area (Å²) >= 11 is 0. The summed E-state index contributed by atoms with van der Waals surface area (Å²) in [4.78, 5) is 20.6. The molecule has 0 aliphatic heterocycles. The van der Waals surface area contributed by atoms with Gasteiger partial charge in [-0.1, -0.05) is 12.1 Å². The first-order valence-electron chi connectivity index (χ1n) is 7.25. The van der Waals surface area contributed by atoms with Crippen LogP contribution in [-0.4, -0.2) is 24.3 Å². The van der Waals surface area contributed by atoms with Crippen molar-refractivity contribution >= 4 is 38.7 Å². The average Bonchev–Trinajstić information content (AvgIpc) is 2.59. The fourth-order valence-electron chi connectivity index (χ4n) is 2.12. The number of carbonyl (C=O) groups is 1. The topological polar surface area (TPSA) is 115 Å². The van der Waals surface area contributed by atoms with Gasteiger partial charge in [-0.25, -0.2) is 18.5 Å². The predicted molar refractivity (Wildman–Crippen MR) is 95.0 cm³/mol. The van der Waals surface area contributed by atoms with E-state index in [9.17, 15) is 13.2 Å². The summed E-state index contributed by atoms with van der Waals surface area (Å²) in [6.45, 7) is 0. The SMILES string of the molecule is NS(=O)(=O)c1ccc(NC(=O)/C=C/c2cnc3ccccc3n2)cc1. The minimum absolute atomic E-state index is 0.0209. The van der Waals surface area contributed by atoms with E-state index in [0.29, 0.717) is 11.4 Å². The monoisotopic (exact) mass is 354 g/mol. The Bertz CT molecular complexity index is 1060. The van der Waals surface area contributed by atoms with Crippen molar-refractivity contribution in [1.29, 1.82) is 0 Å². The van der Waals surface area contributed by atoms with Crippen LogP contribution < -0.4 is 10.5 Å². The second kappa shape index (κ2) is 6.80. The Balaban J connectivity index is 1.69. The highest BCUT2D eigenvalue weighted by Crippen LogP contribution is 2.13. The number of nitrogens with zero attached hydrogens (tertiary/aromatic N) is 2. The standard InChI is InChI=1S/C17H14N4O3S/c18-25(23,24)14-8-5-12(6-9-14)21-17(22)10-7-13-11-19-15-3-1-2-4-16(15)20-13/h1-11H,(H,21,22)(H2,18,23,24)/b10-7+. The number of nitrogens with one attached hydrogen (secondary N) is 1. The predicted octanol–water partition coefficient (Wildman–Crippen LogP) is 1.93. The average molecular weight is 354 g/mol. The van der Waals surface area contributed by atoms with Crippen LogP contribution in [0.5, 0.6) is 0 Å². The number of hydrogen-bond donors (Lipinski definition) is 2. The first-order chi connectivity index (χ1) is 11.9. The second-order valence-electron chi connectivity index (χ2n) is 5.18. The number of amides is 1. The molecule has 0 spiro atoms. The maximum absolute atomic E-state index is 11.9.